The van der Waals surface area contributed by atoms with Crippen molar-refractivity contribution in [1.29, 1.82) is 0 Å². The predicted octanol–water partition coefficient (Wildman–Crippen LogP) is 1.91. The summed E-state index contributed by atoms with van der Waals surface area (Å²) in [4.78, 5) is 48.5. The third-order valence-corrected chi connectivity index (χ3v) is 6.02. The predicted molar refractivity (Wildman–Crippen MR) is 119 cm³/mol. The highest BCUT2D eigenvalue weighted by molar-refractivity contribution is 7.25. The molecule has 0 saturated carbocycles. The van der Waals surface area contributed by atoms with Crippen LogP contribution in [0.3, 0.4) is 0 Å². The maximum absolute atomic E-state index is 12.1. The van der Waals surface area contributed by atoms with E-state index in [2.05, 4.69) is 20.6 Å². The first kappa shape index (κ1) is 22.0. The van der Waals surface area contributed by atoms with Crippen LogP contribution < -0.4 is 10.6 Å². The molecule has 12 heteroatoms. The number of hydrogen-bond acceptors (Lipinski definition) is 9. The molecule has 0 aliphatic carbocycles. The highest BCUT2D eigenvalue weighted by Crippen LogP contribution is 2.40. The topological polar surface area (TPSA) is 128 Å². The fraction of sp³-hybridized carbons (Fsp3) is 0.389. The Hall–Kier alpha value is -2.67. The van der Waals surface area contributed by atoms with Gasteiger partial charge in [-0.05, 0) is 35.1 Å². The molecule has 160 valence electrons. The average molecular weight is 451 g/mol. The molecule has 0 spiro atoms. The van der Waals surface area contributed by atoms with Crippen LogP contribution in [-0.4, -0.2) is 83.9 Å². The second-order valence-corrected chi connectivity index (χ2v) is 9.27. The molecule has 0 aliphatic heterocycles. The molecule has 0 fully saturated rings. The summed E-state index contributed by atoms with van der Waals surface area (Å²) in [6.45, 7) is 2.17. The number of carboxylic acids is 1. The molecule has 0 radical (unpaired) electrons. The van der Waals surface area contributed by atoms with E-state index >= 15 is 0 Å². The Kier molecular flexibility index (Phi) is 6.31. The van der Waals surface area contributed by atoms with E-state index in [1.807, 2.05) is 0 Å². The van der Waals surface area contributed by atoms with E-state index in [1.165, 1.54) is 0 Å². The van der Waals surface area contributed by atoms with E-state index in [1.54, 1.807) is 44.9 Å². The Morgan fingerprint density at radius 1 is 0.867 bits per heavy atom. The Balaban J connectivity index is 2.07. The number of carbonyl (C=O) groups is 3. The van der Waals surface area contributed by atoms with Gasteiger partial charge >= 0.3 is 5.97 Å². The van der Waals surface area contributed by atoms with E-state index in [-0.39, 0.29) is 30.5 Å². The van der Waals surface area contributed by atoms with E-state index in [0.717, 1.165) is 22.7 Å². The number of aromatic nitrogens is 2. The van der Waals surface area contributed by atoms with E-state index < -0.39 is 5.97 Å². The van der Waals surface area contributed by atoms with Gasteiger partial charge in [0.25, 0.3) is 0 Å². The molecule has 0 aliphatic rings. The summed E-state index contributed by atoms with van der Waals surface area (Å²) in [7, 11) is 7.11. The average Bonchev–Trinajstić information content (AvgIpc) is 3.17. The molecule has 30 heavy (non-hydrogen) atoms. The Morgan fingerprint density at radius 2 is 1.27 bits per heavy atom. The number of carbonyl (C=O) groups excluding carboxylic acids is 2. The zero-order valence-corrected chi connectivity index (χ0v) is 18.8. The van der Waals surface area contributed by atoms with Crippen LogP contribution in [-0.2, 0) is 9.59 Å². The molecular formula is C18H22N6O4S2. The van der Waals surface area contributed by atoms with Crippen molar-refractivity contribution in [2.24, 2.45) is 0 Å². The van der Waals surface area contributed by atoms with Gasteiger partial charge < -0.3 is 25.5 Å². The first-order chi connectivity index (χ1) is 14.1. The van der Waals surface area contributed by atoms with Gasteiger partial charge in [0.05, 0.1) is 39.1 Å². The number of benzene rings is 1. The summed E-state index contributed by atoms with van der Waals surface area (Å²) in [5.74, 6) is -1.59. The molecule has 0 unspecified atom stereocenters. The second-order valence-electron chi connectivity index (χ2n) is 7.27. The van der Waals surface area contributed by atoms with Crippen LogP contribution in [0.25, 0.3) is 20.4 Å². The standard InChI is InChI=1S/C18H22N6O4S2/c1-8-12-14(29-17(21-12)19-9(25)6-23(2)3)11(16(27)28)15-13(8)22-18(30-15)20-10(26)7-24(4)5/h6-7H2,1-5H3,(H,27,28)(H,19,21,25)(H,20,22,26). The van der Waals surface area contributed by atoms with E-state index in [0.29, 0.717) is 36.3 Å². The number of amides is 2. The molecule has 3 aromatic rings. The lowest BCUT2D eigenvalue weighted by atomic mass is 10.1. The van der Waals surface area contributed by atoms with Gasteiger partial charge in [-0.3, -0.25) is 9.59 Å². The molecule has 3 rings (SSSR count). The molecular weight excluding hydrogens is 428 g/mol. The number of carboxylic acid groups (broad SMARTS) is 1. The van der Waals surface area contributed by atoms with Crippen LogP contribution in [0.5, 0.6) is 0 Å². The summed E-state index contributed by atoms with van der Waals surface area (Å²) >= 11 is 2.22. The lowest BCUT2D eigenvalue weighted by Crippen LogP contribution is -2.26. The summed E-state index contributed by atoms with van der Waals surface area (Å²) in [5, 5.41) is 16.0. The molecule has 2 heterocycles. The summed E-state index contributed by atoms with van der Waals surface area (Å²) in [6.07, 6.45) is 0. The molecule has 0 atom stereocenters. The van der Waals surface area contributed by atoms with Crippen molar-refractivity contribution in [2.45, 2.75) is 6.92 Å². The monoisotopic (exact) mass is 450 g/mol. The van der Waals surface area contributed by atoms with Gasteiger partial charge in [-0.15, -0.1) is 0 Å². The van der Waals surface area contributed by atoms with Crippen molar-refractivity contribution in [1.82, 2.24) is 19.8 Å². The Labute approximate surface area is 180 Å². The van der Waals surface area contributed by atoms with Gasteiger partial charge in [-0.25, -0.2) is 14.8 Å². The lowest BCUT2D eigenvalue weighted by molar-refractivity contribution is -0.117. The van der Waals surface area contributed by atoms with Crippen molar-refractivity contribution >= 4 is 71.2 Å². The van der Waals surface area contributed by atoms with Gasteiger partial charge in [-0.2, -0.15) is 0 Å². The van der Waals surface area contributed by atoms with Crippen molar-refractivity contribution in [3.63, 3.8) is 0 Å². The second kappa shape index (κ2) is 8.60. The van der Waals surface area contributed by atoms with Gasteiger partial charge in [0, 0.05) is 5.56 Å². The smallest absolute Gasteiger partial charge is 0.338 e. The highest BCUT2D eigenvalue weighted by Gasteiger charge is 2.24. The number of likely N-dealkylation sites (N-methyl/N-ethyl adjacent to an activating group) is 2. The van der Waals surface area contributed by atoms with Gasteiger partial charge in [0.1, 0.15) is 0 Å². The first-order valence-corrected chi connectivity index (χ1v) is 10.6. The molecule has 10 nitrogen and oxygen atoms in total. The van der Waals surface area contributed by atoms with Gasteiger partial charge in [0.2, 0.25) is 11.8 Å². The Bertz CT molecular complexity index is 1070. The number of rotatable bonds is 7. The largest absolute Gasteiger partial charge is 0.478 e. The quantitative estimate of drug-likeness (QED) is 0.498. The number of aryl methyl sites for hydroxylation is 1. The maximum atomic E-state index is 12.1. The minimum absolute atomic E-state index is 0.0711. The maximum Gasteiger partial charge on any atom is 0.338 e. The number of aromatic carboxylic acids is 1. The minimum atomic E-state index is -1.12. The molecule has 2 amide bonds. The van der Waals surface area contributed by atoms with Gasteiger partial charge in [0.15, 0.2) is 10.3 Å². The van der Waals surface area contributed by atoms with Crippen LogP contribution >= 0.6 is 22.7 Å². The van der Waals surface area contributed by atoms with Gasteiger partial charge in [-0.1, -0.05) is 22.7 Å². The lowest BCUT2D eigenvalue weighted by Gasteiger charge is -2.07. The van der Waals surface area contributed by atoms with E-state index in [4.69, 9.17) is 0 Å². The third kappa shape index (κ3) is 4.56. The van der Waals surface area contributed by atoms with Crippen molar-refractivity contribution in [3.8, 4) is 0 Å². The number of nitrogens with one attached hydrogen (secondary N) is 2. The van der Waals surface area contributed by atoms with Crippen LogP contribution in [0, 0.1) is 6.92 Å². The normalized spacial score (nSPS) is 11.6. The Morgan fingerprint density at radius 3 is 1.60 bits per heavy atom. The SMILES string of the molecule is Cc1c2nc(NC(=O)CN(C)C)sc2c(C(=O)O)c2sc(NC(=O)CN(C)C)nc12. The van der Waals surface area contributed by atoms with Crippen molar-refractivity contribution in [3.05, 3.63) is 11.1 Å². The van der Waals surface area contributed by atoms with Crippen LogP contribution in [0.2, 0.25) is 0 Å². The van der Waals surface area contributed by atoms with Crippen molar-refractivity contribution in [2.75, 3.05) is 51.9 Å². The summed E-state index contributed by atoms with van der Waals surface area (Å²) < 4.78 is 0.921. The number of hydrogen-bond donors (Lipinski definition) is 3. The highest BCUT2D eigenvalue weighted by atomic mass is 32.1. The zero-order chi connectivity index (χ0) is 22.2. The summed E-state index contributed by atoms with van der Waals surface area (Å²) in [6, 6.07) is 0. The van der Waals surface area contributed by atoms with E-state index in [9.17, 15) is 19.5 Å². The minimum Gasteiger partial charge on any atom is -0.478 e. The zero-order valence-electron chi connectivity index (χ0n) is 17.2. The molecule has 3 N–H and O–H groups in total. The molecule has 0 saturated heterocycles. The number of nitrogens with zero attached hydrogens (tertiary/aromatic N) is 4. The number of fused-ring (bicyclic) bond motifs is 2. The molecule has 0 bridgehead atoms. The molecule has 2 aromatic heterocycles. The van der Waals surface area contributed by atoms with Crippen LogP contribution in [0.15, 0.2) is 0 Å². The fourth-order valence-electron chi connectivity index (χ4n) is 2.90. The van der Waals surface area contributed by atoms with Crippen molar-refractivity contribution < 1.29 is 19.5 Å². The third-order valence-electron chi connectivity index (χ3n) is 4.05. The first-order valence-electron chi connectivity index (χ1n) is 8.93. The van der Waals surface area contributed by atoms with Crippen LogP contribution in [0.1, 0.15) is 15.9 Å². The van der Waals surface area contributed by atoms with Crippen LogP contribution in [0.4, 0.5) is 10.3 Å². The number of thiazole rings is 2. The number of anilines is 2. The summed E-state index contributed by atoms with van der Waals surface area (Å²) in [5.41, 5.74) is 1.71. The fourth-order valence-corrected chi connectivity index (χ4v) is 5.12. The molecule has 1 aromatic carbocycles.